The second kappa shape index (κ2) is 12.0. The quantitative estimate of drug-likeness (QED) is 0.169. The largest absolute Gasteiger partial charge is 0.486 e. The molecule has 44 heavy (non-hydrogen) atoms. The van der Waals surface area contributed by atoms with Crippen molar-refractivity contribution >= 4 is 38.7 Å². The summed E-state index contributed by atoms with van der Waals surface area (Å²) in [6.45, 7) is 2.88. The molecule has 1 aliphatic heterocycles. The number of aryl methyl sites for hydroxylation is 1. The van der Waals surface area contributed by atoms with E-state index >= 15 is 0 Å². The fraction of sp³-hybridized carbons (Fsp3) is 0.184. The van der Waals surface area contributed by atoms with Crippen molar-refractivity contribution in [1.29, 1.82) is 0 Å². The number of hydrogen-bond acceptors (Lipinski definition) is 4. The first-order chi connectivity index (χ1) is 21.2. The zero-order valence-electron chi connectivity index (χ0n) is 24.4. The molecular weight excluding hydrogens is 721 g/mol. The van der Waals surface area contributed by atoms with Crippen molar-refractivity contribution in [3.8, 4) is 22.6 Å². The number of nitrogens with zero attached hydrogens (tertiary/aromatic N) is 4. The van der Waals surface area contributed by atoms with Gasteiger partial charge in [-0.2, -0.15) is 0 Å². The molecule has 2 aliphatic rings. The van der Waals surface area contributed by atoms with Gasteiger partial charge >= 0.3 is 0 Å². The monoisotopic (exact) mass is 751 g/mol. The van der Waals surface area contributed by atoms with Gasteiger partial charge in [-0.05, 0) is 61.2 Å². The average molecular weight is 751 g/mol. The zero-order chi connectivity index (χ0) is 28.8. The molecule has 0 saturated heterocycles. The predicted molar refractivity (Wildman–Crippen MR) is 172 cm³/mol. The Morgan fingerprint density at radius 1 is 0.841 bits per heavy atom. The van der Waals surface area contributed by atoms with Gasteiger partial charge in [0, 0.05) is 49.5 Å². The summed E-state index contributed by atoms with van der Waals surface area (Å²) in [4.78, 5) is 13.7. The summed E-state index contributed by atoms with van der Waals surface area (Å²) in [6.07, 6.45) is 9.65. The van der Waals surface area contributed by atoms with E-state index in [1.807, 2.05) is 61.5 Å². The fourth-order valence-corrected chi connectivity index (χ4v) is 6.67. The molecule has 1 saturated carbocycles. The van der Waals surface area contributed by atoms with Gasteiger partial charge in [-0.1, -0.05) is 54.1 Å². The summed E-state index contributed by atoms with van der Waals surface area (Å²) < 4.78 is 8.29. The van der Waals surface area contributed by atoms with Gasteiger partial charge in [0.05, 0.1) is 22.4 Å². The number of aromatic nitrogens is 4. The van der Waals surface area contributed by atoms with Crippen LogP contribution >= 0.6 is 0 Å². The van der Waals surface area contributed by atoms with E-state index in [9.17, 15) is 0 Å². The van der Waals surface area contributed by atoms with E-state index in [-0.39, 0.29) is 20.1 Å². The van der Waals surface area contributed by atoms with Gasteiger partial charge in [0.25, 0.3) is 0 Å². The number of fused-ring (bicyclic) bond motifs is 3. The SMILES string of the molecule is Cc1ccc2c(n1)oc1c(-c3ccccn3)[c-]ccc12.[Ir].[c-]1ccccc1-c1nc2cccc3c2n1CC=C3C1CCCC1. The number of furan rings is 1. The molecule has 0 amide bonds. The maximum Gasteiger partial charge on any atom is 0.216 e. The number of pyridine rings is 2. The Hall–Kier alpha value is -4.38. The van der Waals surface area contributed by atoms with Crippen molar-refractivity contribution in [2.75, 3.05) is 0 Å². The molecule has 219 valence electrons. The predicted octanol–water partition coefficient (Wildman–Crippen LogP) is 9.24. The normalized spacial score (nSPS) is 14.3. The molecule has 0 bridgehead atoms. The average Bonchev–Trinajstić information content (AvgIpc) is 3.81. The van der Waals surface area contributed by atoms with E-state index in [0.717, 1.165) is 62.7 Å². The topological polar surface area (TPSA) is 56.7 Å². The number of benzene rings is 3. The molecule has 0 N–H and O–H groups in total. The van der Waals surface area contributed by atoms with E-state index in [0.29, 0.717) is 5.71 Å². The maximum atomic E-state index is 5.94. The first kappa shape index (κ1) is 28.4. The Bertz CT molecular complexity index is 2120. The van der Waals surface area contributed by atoms with E-state index in [2.05, 4.69) is 63.1 Å². The molecular formula is C38H30IrN4O-2. The standard InChI is InChI=1S/C21H19N2.C17H11N2O.Ir/c1-2-9-16(10-3-1)21-22-19-12-6-11-18-17(15-7-4-5-8-15)13-14-23(21)20(18)19;1-11-8-9-13-12-5-4-6-14(15-7-2-3-10-18-15)16(12)20-17(13)19-11;/h1-3,6,9,11-13,15H,4-5,7-8,14H2;2-5,7-10H,1H3;/q2*-1;. The van der Waals surface area contributed by atoms with Crippen molar-refractivity contribution < 1.29 is 24.5 Å². The molecule has 6 heteroatoms. The first-order valence-electron chi connectivity index (χ1n) is 15.0. The molecule has 3 aromatic carbocycles. The van der Waals surface area contributed by atoms with Gasteiger partial charge in [0.15, 0.2) is 0 Å². The van der Waals surface area contributed by atoms with E-state index in [1.165, 1.54) is 36.8 Å². The summed E-state index contributed by atoms with van der Waals surface area (Å²) in [6, 6.07) is 35.0. The second-order valence-corrected chi connectivity index (χ2v) is 11.4. The van der Waals surface area contributed by atoms with E-state index < -0.39 is 0 Å². The van der Waals surface area contributed by atoms with Gasteiger partial charge in [-0.25, -0.2) is 4.98 Å². The zero-order valence-corrected chi connectivity index (χ0v) is 26.8. The van der Waals surface area contributed by atoms with Crippen LogP contribution in [0.15, 0.2) is 102 Å². The number of imidazole rings is 1. The molecule has 1 fully saturated rings. The van der Waals surface area contributed by atoms with Crippen molar-refractivity contribution in [1.82, 2.24) is 19.5 Å². The Morgan fingerprint density at radius 3 is 2.55 bits per heavy atom. The van der Waals surface area contributed by atoms with Crippen LogP contribution in [0.25, 0.3) is 61.3 Å². The molecule has 1 aliphatic carbocycles. The summed E-state index contributed by atoms with van der Waals surface area (Å²) in [5, 5.41) is 2.07. The van der Waals surface area contributed by atoms with Crippen LogP contribution in [-0.2, 0) is 26.7 Å². The van der Waals surface area contributed by atoms with Gasteiger partial charge < -0.3 is 14.0 Å². The molecule has 7 aromatic rings. The van der Waals surface area contributed by atoms with Crippen LogP contribution in [0.2, 0.25) is 0 Å². The Morgan fingerprint density at radius 2 is 1.73 bits per heavy atom. The number of rotatable bonds is 3. The van der Waals surface area contributed by atoms with Crippen molar-refractivity contribution in [3.63, 3.8) is 0 Å². The minimum atomic E-state index is 0. The van der Waals surface area contributed by atoms with Crippen LogP contribution in [0, 0.1) is 25.0 Å². The molecule has 0 unspecified atom stereocenters. The van der Waals surface area contributed by atoms with Crippen LogP contribution < -0.4 is 0 Å². The number of hydrogen-bond donors (Lipinski definition) is 0. The van der Waals surface area contributed by atoms with Gasteiger partial charge in [0.1, 0.15) is 0 Å². The van der Waals surface area contributed by atoms with E-state index in [1.54, 1.807) is 11.8 Å². The van der Waals surface area contributed by atoms with Crippen LogP contribution in [0.3, 0.4) is 0 Å². The Labute approximate surface area is 270 Å². The minimum Gasteiger partial charge on any atom is -0.486 e. The minimum absolute atomic E-state index is 0. The summed E-state index contributed by atoms with van der Waals surface area (Å²) in [5.41, 5.74) is 10.6. The van der Waals surface area contributed by atoms with E-state index in [4.69, 9.17) is 9.40 Å². The molecule has 5 nitrogen and oxygen atoms in total. The van der Waals surface area contributed by atoms with Crippen LogP contribution in [0.1, 0.15) is 36.9 Å². The third kappa shape index (κ3) is 4.98. The molecule has 0 spiro atoms. The Kier molecular flexibility index (Phi) is 7.71. The Balaban J connectivity index is 0.000000140. The van der Waals surface area contributed by atoms with Gasteiger partial charge in [-0.3, -0.25) is 4.98 Å². The molecule has 9 rings (SSSR count). The molecule has 0 atom stereocenters. The number of para-hydroxylation sites is 1. The van der Waals surface area contributed by atoms with Crippen molar-refractivity contribution in [2.45, 2.75) is 39.2 Å². The van der Waals surface area contributed by atoms with Gasteiger partial charge in [0.2, 0.25) is 5.71 Å². The number of allylic oxidation sites excluding steroid dienone is 2. The molecule has 5 heterocycles. The van der Waals surface area contributed by atoms with Crippen LogP contribution in [-0.4, -0.2) is 19.5 Å². The van der Waals surface area contributed by atoms with Gasteiger partial charge in [-0.15, -0.1) is 54.1 Å². The molecule has 4 aromatic heterocycles. The smallest absolute Gasteiger partial charge is 0.216 e. The summed E-state index contributed by atoms with van der Waals surface area (Å²) in [5.74, 6) is 1.78. The third-order valence-corrected chi connectivity index (χ3v) is 8.68. The first-order valence-corrected chi connectivity index (χ1v) is 15.0. The van der Waals surface area contributed by atoms with Crippen molar-refractivity contribution in [2.24, 2.45) is 5.92 Å². The van der Waals surface area contributed by atoms with Crippen molar-refractivity contribution in [3.05, 3.63) is 121 Å². The second-order valence-electron chi connectivity index (χ2n) is 11.4. The fourth-order valence-electron chi connectivity index (χ4n) is 6.67. The molecule has 1 radical (unpaired) electrons. The maximum absolute atomic E-state index is 5.94. The third-order valence-electron chi connectivity index (χ3n) is 8.68. The van der Waals surface area contributed by atoms with Crippen LogP contribution in [0.4, 0.5) is 0 Å². The van der Waals surface area contributed by atoms with Crippen LogP contribution in [0.5, 0.6) is 0 Å². The summed E-state index contributed by atoms with van der Waals surface area (Å²) >= 11 is 0. The summed E-state index contributed by atoms with van der Waals surface area (Å²) in [7, 11) is 0.